The molecule has 0 radical (unpaired) electrons. The molecule has 0 atom stereocenters. The van der Waals surface area contributed by atoms with Crippen LogP contribution in [0.1, 0.15) is 35.7 Å². The predicted molar refractivity (Wildman–Crippen MR) is 67.6 cm³/mol. The molecule has 0 saturated heterocycles. The summed E-state index contributed by atoms with van der Waals surface area (Å²) in [5.41, 5.74) is 0.451. The molecule has 0 saturated carbocycles. The number of carbonyl (C=O) groups is 1. The third-order valence-electron chi connectivity index (χ3n) is 2.34. The summed E-state index contributed by atoms with van der Waals surface area (Å²) in [7, 11) is 0. The standard InChI is InChI=1S/C14H16FNO2/c1-2-3-8-16-14(18)12-7-6-11(5-4-9-17)10-13(12)15/h6-7,10,17H,2-3,8-9H2,1H3,(H,16,18). The van der Waals surface area contributed by atoms with Crippen molar-refractivity contribution in [2.75, 3.05) is 13.2 Å². The second-order valence-corrected chi connectivity index (χ2v) is 3.76. The molecule has 0 unspecified atom stereocenters. The SMILES string of the molecule is CCCCNC(=O)c1ccc(C#CCO)cc1F. The molecular formula is C14H16FNO2. The van der Waals surface area contributed by atoms with Gasteiger partial charge in [0.05, 0.1) is 5.56 Å². The minimum absolute atomic E-state index is 0.0145. The van der Waals surface area contributed by atoms with Crippen molar-refractivity contribution in [1.29, 1.82) is 0 Å². The van der Waals surface area contributed by atoms with Gasteiger partial charge in [0.25, 0.3) is 5.91 Å². The first-order chi connectivity index (χ1) is 8.69. The summed E-state index contributed by atoms with van der Waals surface area (Å²) >= 11 is 0. The molecule has 0 spiro atoms. The van der Waals surface area contributed by atoms with Crippen LogP contribution in [0.3, 0.4) is 0 Å². The first-order valence-electron chi connectivity index (χ1n) is 5.86. The van der Waals surface area contributed by atoms with Crippen LogP contribution < -0.4 is 5.32 Å². The molecule has 2 N–H and O–H groups in total. The number of benzene rings is 1. The fourth-order valence-corrected chi connectivity index (χ4v) is 1.39. The van der Waals surface area contributed by atoms with Crippen LogP contribution >= 0.6 is 0 Å². The number of amides is 1. The fourth-order valence-electron chi connectivity index (χ4n) is 1.39. The number of hydrogen-bond acceptors (Lipinski definition) is 2. The highest BCUT2D eigenvalue weighted by molar-refractivity contribution is 5.94. The number of carbonyl (C=O) groups excluding carboxylic acids is 1. The normalized spacial score (nSPS) is 9.50. The van der Waals surface area contributed by atoms with E-state index in [1.165, 1.54) is 12.1 Å². The molecule has 96 valence electrons. The van der Waals surface area contributed by atoms with E-state index in [-0.39, 0.29) is 12.2 Å². The lowest BCUT2D eigenvalue weighted by molar-refractivity contribution is 0.0949. The summed E-state index contributed by atoms with van der Waals surface area (Å²) in [5, 5.41) is 11.2. The molecule has 18 heavy (non-hydrogen) atoms. The van der Waals surface area contributed by atoms with Gasteiger partial charge in [-0.3, -0.25) is 4.79 Å². The number of nitrogens with one attached hydrogen (secondary N) is 1. The van der Waals surface area contributed by atoms with Crippen LogP contribution in [-0.2, 0) is 0 Å². The topological polar surface area (TPSA) is 49.3 Å². The maximum atomic E-state index is 13.6. The Morgan fingerprint density at radius 1 is 1.50 bits per heavy atom. The van der Waals surface area contributed by atoms with Gasteiger partial charge in [0.15, 0.2) is 0 Å². The van der Waals surface area contributed by atoms with Crippen LogP contribution in [0.5, 0.6) is 0 Å². The van der Waals surface area contributed by atoms with Crippen LogP contribution in [0.4, 0.5) is 4.39 Å². The summed E-state index contributed by atoms with van der Waals surface area (Å²) in [4.78, 5) is 11.6. The van der Waals surface area contributed by atoms with Gasteiger partial charge < -0.3 is 10.4 Å². The van der Waals surface area contributed by atoms with Crippen molar-refractivity contribution in [2.45, 2.75) is 19.8 Å². The third kappa shape index (κ3) is 4.19. The molecule has 0 aliphatic heterocycles. The molecule has 1 rings (SSSR count). The Morgan fingerprint density at radius 2 is 2.28 bits per heavy atom. The van der Waals surface area contributed by atoms with Crippen molar-refractivity contribution in [1.82, 2.24) is 5.32 Å². The zero-order chi connectivity index (χ0) is 13.4. The number of rotatable bonds is 4. The first-order valence-corrected chi connectivity index (χ1v) is 5.86. The van der Waals surface area contributed by atoms with Crippen molar-refractivity contribution in [3.63, 3.8) is 0 Å². The number of unbranched alkanes of at least 4 members (excludes halogenated alkanes) is 1. The predicted octanol–water partition coefficient (Wildman–Crippen LogP) is 1.70. The number of halogens is 1. The van der Waals surface area contributed by atoms with E-state index >= 15 is 0 Å². The third-order valence-corrected chi connectivity index (χ3v) is 2.34. The van der Waals surface area contributed by atoms with E-state index in [1.807, 2.05) is 6.92 Å². The van der Waals surface area contributed by atoms with Crippen molar-refractivity contribution < 1.29 is 14.3 Å². The molecule has 1 amide bonds. The van der Waals surface area contributed by atoms with Crippen LogP contribution in [0.2, 0.25) is 0 Å². The average Bonchev–Trinajstić information content (AvgIpc) is 2.36. The van der Waals surface area contributed by atoms with Crippen molar-refractivity contribution in [2.24, 2.45) is 0 Å². The summed E-state index contributed by atoms with van der Waals surface area (Å²) in [6, 6.07) is 4.15. The molecule has 0 heterocycles. The van der Waals surface area contributed by atoms with Crippen LogP contribution in [0.25, 0.3) is 0 Å². The van der Waals surface area contributed by atoms with Gasteiger partial charge in [-0.05, 0) is 24.6 Å². The van der Waals surface area contributed by atoms with Crippen LogP contribution in [0.15, 0.2) is 18.2 Å². The fraction of sp³-hybridized carbons (Fsp3) is 0.357. The van der Waals surface area contributed by atoms with E-state index in [0.717, 1.165) is 12.8 Å². The number of aliphatic hydroxyl groups is 1. The largest absolute Gasteiger partial charge is 0.384 e. The lowest BCUT2D eigenvalue weighted by atomic mass is 10.1. The van der Waals surface area contributed by atoms with Crippen molar-refractivity contribution in [3.8, 4) is 11.8 Å². The zero-order valence-electron chi connectivity index (χ0n) is 10.3. The van der Waals surface area contributed by atoms with Crippen LogP contribution in [-0.4, -0.2) is 24.2 Å². The highest BCUT2D eigenvalue weighted by Gasteiger charge is 2.10. The van der Waals surface area contributed by atoms with E-state index in [0.29, 0.717) is 12.1 Å². The quantitative estimate of drug-likeness (QED) is 0.630. The molecule has 0 aliphatic carbocycles. The van der Waals surface area contributed by atoms with E-state index in [1.54, 1.807) is 6.07 Å². The van der Waals surface area contributed by atoms with Gasteiger partial charge in [-0.25, -0.2) is 4.39 Å². The van der Waals surface area contributed by atoms with Gasteiger partial charge in [0, 0.05) is 12.1 Å². The summed E-state index contributed by atoms with van der Waals surface area (Å²) < 4.78 is 13.6. The molecule has 1 aromatic rings. The summed E-state index contributed by atoms with van der Waals surface area (Å²) in [5.74, 6) is 3.99. The van der Waals surface area contributed by atoms with Gasteiger partial charge >= 0.3 is 0 Å². The molecular weight excluding hydrogens is 233 g/mol. The summed E-state index contributed by atoms with van der Waals surface area (Å²) in [6.07, 6.45) is 1.84. The van der Waals surface area contributed by atoms with Gasteiger partial charge in [-0.15, -0.1) is 0 Å². The first kappa shape index (κ1) is 14.2. The van der Waals surface area contributed by atoms with Gasteiger partial charge in [-0.2, -0.15) is 0 Å². The minimum atomic E-state index is -0.603. The van der Waals surface area contributed by atoms with Crippen LogP contribution in [0, 0.1) is 17.7 Å². The Labute approximate surface area is 106 Å². The van der Waals surface area contributed by atoms with Gasteiger partial charge in [0.1, 0.15) is 12.4 Å². The molecule has 1 aromatic carbocycles. The van der Waals surface area contributed by atoms with Crippen molar-refractivity contribution >= 4 is 5.91 Å². The summed E-state index contributed by atoms with van der Waals surface area (Å²) in [6.45, 7) is 2.28. The van der Waals surface area contributed by atoms with Gasteiger partial charge in [0.2, 0.25) is 0 Å². The van der Waals surface area contributed by atoms with E-state index in [4.69, 9.17) is 5.11 Å². The monoisotopic (exact) mass is 249 g/mol. The number of hydrogen-bond donors (Lipinski definition) is 2. The minimum Gasteiger partial charge on any atom is -0.384 e. The lowest BCUT2D eigenvalue weighted by Gasteiger charge is -2.05. The second kappa shape index (κ2) is 7.46. The Morgan fingerprint density at radius 3 is 2.89 bits per heavy atom. The molecule has 0 fully saturated rings. The van der Waals surface area contributed by atoms with E-state index in [9.17, 15) is 9.18 Å². The molecule has 0 bridgehead atoms. The zero-order valence-corrected chi connectivity index (χ0v) is 10.3. The Bertz CT molecular complexity index is 474. The Kier molecular flexibility index (Phi) is 5.89. The smallest absolute Gasteiger partial charge is 0.254 e. The highest BCUT2D eigenvalue weighted by Crippen LogP contribution is 2.09. The average molecular weight is 249 g/mol. The maximum Gasteiger partial charge on any atom is 0.254 e. The Hall–Kier alpha value is -1.86. The molecule has 0 aliphatic rings. The van der Waals surface area contributed by atoms with E-state index in [2.05, 4.69) is 17.2 Å². The van der Waals surface area contributed by atoms with Gasteiger partial charge in [-0.1, -0.05) is 25.2 Å². The molecule has 0 aromatic heterocycles. The second-order valence-electron chi connectivity index (χ2n) is 3.76. The lowest BCUT2D eigenvalue weighted by Crippen LogP contribution is -2.25. The van der Waals surface area contributed by atoms with E-state index < -0.39 is 11.7 Å². The molecule has 3 nitrogen and oxygen atoms in total. The molecule has 4 heteroatoms. The number of aliphatic hydroxyl groups excluding tert-OH is 1. The van der Waals surface area contributed by atoms with Crippen molar-refractivity contribution in [3.05, 3.63) is 35.1 Å². The Balaban J connectivity index is 2.75. The maximum absolute atomic E-state index is 13.6. The highest BCUT2D eigenvalue weighted by atomic mass is 19.1.